The van der Waals surface area contributed by atoms with Crippen LogP contribution in [0.2, 0.25) is 0 Å². The average Bonchev–Trinajstić information content (AvgIpc) is 2.90. The molecule has 0 saturated heterocycles. The maximum atomic E-state index is 12.2. The largest absolute Gasteiger partial charge is 0.472 e. The molecule has 0 radical (unpaired) electrons. The smallest absolute Gasteiger partial charge is 0.462 e. The van der Waals surface area contributed by atoms with Crippen molar-refractivity contribution in [1.29, 1.82) is 0 Å². The van der Waals surface area contributed by atoms with Gasteiger partial charge in [-0.05, 0) is 44.9 Å². The number of phosphoric acid groups is 1. The van der Waals surface area contributed by atoms with Crippen LogP contribution >= 0.6 is 7.82 Å². The maximum absolute atomic E-state index is 12.2. The molecule has 238 valence electrons. The predicted octanol–water partition coefficient (Wildman–Crippen LogP) is 6.78. The van der Waals surface area contributed by atoms with Gasteiger partial charge in [0.05, 0.1) is 27.7 Å². The van der Waals surface area contributed by atoms with Crippen molar-refractivity contribution in [3.05, 3.63) is 72.9 Å². The van der Waals surface area contributed by atoms with Crippen molar-refractivity contribution in [2.75, 3.05) is 47.5 Å². The van der Waals surface area contributed by atoms with Gasteiger partial charge in [0, 0.05) is 13.3 Å². The van der Waals surface area contributed by atoms with E-state index >= 15 is 0 Å². The lowest BCUT2D eigenvalue weighted by Crippen LogP contribution is -2.37. The topological polar surface area (TPSA) is 108 Å². The van der Waals surface area contributed by atoms with Crippen LogP contribution in [0.4, 0.5) is 0 Å². The number of hydrogen-bond donors (Lipinski definition) is 1. The Kier molecular flexibility index (Phi) is 23.5. The van der Waals surface area contributed by atoms with Gasteiger partial charge in [-0.3, -0.25) is 18.6 Å². The van der Waals surface area contributed by atoms with Crippen molar-refractivity contribution in [2.45, 2.75) is 71.3 Å². The molecule has 0 heterocycles. The Bertz CT molecular complexity index is 960. The molecule has 0 aliphatic rings. The van der Waals surface area contributed by atoms with Crippen molar-refractivity contribution >= 4 is 19.8 Å². The fraction of sp³-hybridized carbons (Fsp3) is 0.562. The molecule has 10 heteroatoms. The number of esters is 2. The number of rotatable bonds is 24. The quantitative estimate of drug-likeness (QED) is 0.0552. The Morgan fingerprint density at radius 1 is 0.762 bits per heavy atom. The molecule has 0 aromatic heterocycles. The average molecular weight is 611 g/mol. The molecule has 0 aromatic rings. The van der Waals surface area contributed by atoms with E-state index in [1.807, 2.05) is 33.3 Å². The monoisotopic (exact) mass is 610 g/mol. The highest BCUT2D eigenvalue weighted by molar-refractivity contribution is 7.47. The van der Waals surface area contributed by atoms with Gasteiger partial charge in [-0.2, -0.15) is 0 Å². The standard InChI is InChI=1S/C32H52NO8P/c1-6-7-8-9-10-11-12-13-14-15-16-17-18-19-20-21-22-23-24-25-32(35)41-31(28-38-30(2)34)29-40-42(36,37)39-27-26-33(3,4)5/h7-8,10-11,13-14,16-17,19-20,22-23,31H,6,9,12,15,18,21,24-29H2,1-5H3/p+1/b8-7-,11-10-,14-13-,17-16-,20-19-,23-22-. The summed E-state index contributed by atoms with van der Waals surface area (Å²) in [4.78, 5) is 33.3. The maximum Gasteiger partial charge on any atom is 0.472 e. The van der Waals surface area contributed by atoms with Gasteiger partial charge >= 0.3 is 19.8 Å². The molecular weight excluding hydrogens is 557 g/mol. The lowest BCUT2D eigenvalue weighted by molar-refractivity contribution is -0.870. The van der Waals surface area contributed by atoms with Gasteiger partial charge < -0.3 is 18.9 Å². The van der Waals surface area contributed by atoms with Gasteiger partial charge in [0.15, 0.2) is 6.10 Å². The Balaban J connectivity index is 4.23. The summed E-state index contributed by atoms with van der Waals surface area (Å²) in [5.74, 6) is -1.10. The zero-order chi connectivity index (χ0) is 31.5. The normalized spacial score (nSPS) is 15.1. The van der Waals surface area contributed by atoms with Crippen molar-refractivity contribution in [3.8, 4) is 0 Å². The molecule has 0 saturated carbocycles. The van der Waals surface area contributed by atoms with Crippen LogP contribution < -0.4 is 0 Å². The number of quaternary nitrogens is 1. The van der Waals surface area contributed by atoms with Gasteiger partial charge in [0.2, 0.25) is 0 Å². The van der Waals surface area contributed by atoms with E-state index in [2.05, 4.69) is 67.7 Å². The van der Waals surface area contributed by atoms with Gasteiger partial charge in [0.1, 0.15) is 19.8 Å². The summed E-state index contributed by atoms with van der Waals surface area (Å²) < 4.78 is 32.8. The molecule has 2 unspecified atom stereocenters. The van der Waals surface area contributed by atoms with E-state index in [-0.39, 0.29) is 19.6 Å². The Morgan fingerprint density at radius 3 is 1.69 bits per heavy atom. The summed E-state index contributed by atoms with van der Waals surface area (Å²) in [5, 5.41) is 0. The summed E-state index contributed by atoms with van der Waals surface area (Å²) in [5.41, 5.74) is 0. The number of likely N-dealkylation sites (N-methyl/N-ethyl adjacent to an activating group) is 1. The highest BCUT2D eigenvalue weighted by atomic mass is 31.2. The number of hydrogen-bond acceptors (Lipinski definition) is 7. The van der Waals surface area contributed by atoms with Gasteiger partial charge in [-0.1, -0.05) is 79.8 Å². The first kappa shape index (κ1) is 39.5. The van der Waals surface area contributed by atoms with Crippen LogP contribution in [0, 0.1) is 0 Å². The van der Waals surface area contributed by atoms with E-state index in [0.29, 0.717) is 17.4 Å². The van der Waals surface area contributed by atoms with Crippen LogP contribution in [-0.2, 0) is 32.7 Å². The fourth-order valence-electron chi connectivity index (χ4n) is 3.06. The summed E-state index contributed by atoms with van der Waals surface area (Å²) in [6, 6.07) is 0. The third kappa shape index (κ3) is 29.0. The van der Waals surface area contributed by atoms with Crippen LogP contribution in [-0.4, -0.2) is 74.9 Å². The first-order valence-electron chi connectivity index (χ1n) is 14.6. The number of nitrogens with zero attached hydrogens (tertiary/aromatic N) is 1. The van der Waals surface area contributed by atoms with Gasteiger partial charge in [0.25, 0.3) is 0 Å². The van der Waals surface area contributed by atoms with E-state index in [4.69, 9.17) is 18.5 Å². The van der Waals surface area contributed by atoms with Crippen LogP contribution in [0.5, 0.6) is 0 Å². The van der Waals surface area contributed by atoms with E-state index in [1.165, 1.54) is 6.92 Å². The molecule has 42 heavy (non-hydrogen) atoms. The molecule has 9 nitrogen and oxygen atoms in total. The van der Waals surface area contributed by atoms with E-state index in [1.54, 1.807) is 0 Å². The second-order valence-electron chi connectivity index (χ2n) is 10.5. The third-order valence-electron chi connectivity index (χ3n) is 5.32. The first-order valence-corrected chi connectivity index (χ1v) is 16.1. The van der Waals surface area contributed by atoms with E-state index in [0.717, 1.165) is 38.5 Å². The van der Waals surface area contributed by atoms with Crippen LogP contribution in [0.15, 0.2) is 72.9 Å². The molecule has 2 atom stereocenters. The first-order chi connectivity index (χ1) is 19.9. The second kappa shape index (κ2) is 25.0. The third-order valence-corrected chi connectivity index (χ3v) is 6.31. The van der Waals surface area contributed by atoms with E-state index in [9.17, 15) is 19.0 Å². The van der Waals surface area contributed by atoms with Crippen molar-refractivity contribution in [3.63, 3.8) is 0 Å². The molecule has 0 aliphatic heterocycles. The fourth-order valence-corrected chi connectivity index (χ4v) is 3.80. The van der Waals surface area contributed by atoms with Crippen LogP contribution in [0.3, 0.4) is 0 Å². The predicted molar refractivity (Wildman–Crippen MR) is 169 cm³/mol. The molecule has 0 aliphatic carbocycles. The number of allylic oxidation sites excluding steroid dienone is 12. The second-order valence-corrected chi connectivity index (χ2v) is 11.9. The highest BCUT2D eigenvalue weighted by Gasteiger charge is 2.26. The van der Waals surface area contributed by atoms with Crippen molar-refractivity contribution < 1.29 is 42.1 Å². The minimum atomic E-state index is -4.35. The van der Waals surface area contributed by atoms with Gasteiger partial charge in [-0.15, -0.1) is 0 Å². The molecule has 0 spiro atoms. The zero-order valence-electron chi connectivity index (χ0n) is 26.2. The molecule has 0 aromatic carbocycles. The lowest BCUT2D eigenvalue weighted by Gasteiger charge is -2.24. The molecule has 1 N–H and O–H groups in total. The molecule has 0 fully saturated rings. The number of carbonyl (C=O) groups excluding carboxylic acids is 2. The zero-order valence-corrected chi connectivity index (χ0v) is 27.1. The Morgan fingerprint density at radius 2 is 1.24 bits per heavy atom. The van der Waals surface area contributed by atoms with Crippen LogP contribution in [0.1, 0.15) is 65.2 Å². The SMILES string of the molecule is CC/C=C\C/C=C\C/C=C\C/C=C\C/C=C\C/C=C\CCC(=O)OC(COC(C)=O)COP(=O)(O)OCC[N+](C)(C)C. The minimum Gasteiger partial charge on any atom is -0.462 e. The van der Waals surface area contributed by atoms with Crippen LogP contribution in [0.25, 0.3) is 0 Å². The molecular formula is C32H53NO8P+. The Labute approximate surface area is 253 Å². The summed E-state index contributed by atoms with van der Waals surface area (Å²) in [6.07, 6.45) is 30.5. The lowest BCUT2D eigenvalue weighted by atomic mass is 10.2. The molecule has 0 rings (SSSR count). The van der Waals surface area contributed by atoms with E-state index < -0.39 is 32.5 Å². The highest BCUT2D eigenvalue weighted by Crippen LogP contribution is 2.43. The molecule has 0 bridgehead atoms. The summed E-state index contributed by atoms with van der Waals surface area (Å²) in [7, 11) is 1.40. The number of ether oxygens (including phenoxy) is 2. The number of carbonyl (C=O) groups is 2. The Hall–Kier alpha value is -2.55. The minimum absolute atomic E-state index is 0.0115. The van der Waals surface area contributed by atoms with Gasteiger partial charge in [-0.25, -0.2) is 4.57 Å². The van der Waals surface area contributed by atoms with Crippen molar-refractivity contribution in [2.24, 2.45) is 0 Å². The van der Waals surface area contributed by atoms with Crippen molar-refractivity contribution in [1.82, 2.24) is 0 Å². The molecule has 0 amide bonds. The summed E-state index contributed by atoms with van der Waals surface area (Å²) in [6.45, 7) is 3.12. The summed E-state index contributed by atoms with van der Waals surface area (Å²) >= 11 is 0. The number of phosphoric ester groups is 1.